The van der Waals surface area contributed by atoms with Crippen LogP contribution in [0.2, 0.25) is 0 Å². The van der Waals surface area contributed by atoms with E-state index in [-0.39, 0.29) is 0 Å². The molecule has 0 amide bonds. The maximum Gasteiger partial charge on any atom is 0.338 e. The minimum absolute atomic E-state index is 0.305. The first-order chi connectivity index (χ1) is 18.2. The van der Waals surface area contributed by atoms with Crippen molar-refractivity contribution in [1.82, 2.24) is 0 Å². The number of carbonyl (C=O) groups excluding carboxylic acids is 2. The lowest BCUT2D eigenvalue weighted by molar-refractivity contribution is 0.0593. The molecular weight excluding hydrogens is 472 g/mol. The zero-order valence-electron chi connectivity index (χ0n) is 22.6. The van der Waals surface area contributed by atoms with Crippen molar-refractivity contribution in [3.8, 4) is 45.9 Å². The van der Waals surface area contributed by atoms with E-state index in [9.17, 15) is 9.59 Å². The smallest absolute Gasteiger partial charge is 0.338 e. The van der Waals surface area contributed by atoms with E-state index in [1.54, 1.807) is 12.1 Å². The van der Waals surface area contributed by atoms with Crippen LogP contribution in [-0.2, 0) is 9.47 Å². The van der Waals surface area contributed by atoms with Crippen molar-refractivity contribution < 1.29 is 19.1 Å². The predicted molar refractivity (Wildman–Crippen MR) is 151 cm³/mol. The molecule has 0 saturated carbocycles. The van der Waals surface area contributed by atoms with E-state index in [0.29, 0.717) is 34.1 Å². The Labute approximate surface area is 224 Å². The van der Waals surface area contributed by atoms with Crippen molar-refractivity contribution in [3.63, 3.8) is 0 Å². The first-order valence-electron chi connectivity index (χ1n) is 12.6. The summed E-state index contributed by atoms with van der Waals surface area (Å²) in [6.45, 7) is 8.45. The minimum Gasteiger partial charge on any atom is -0.465 e. The number of ether oxygens (including phenoxy) is 2. The van der Waals surface area contributed by atoms with Crippen LogP contribution in [0.5, 0.6) is 0 Å². The lowest BCUT2D eigenvalue weighted by Gasteiger charge is -2.04. The standard InChI is InChI=1S/C34H30O4/c1-21(2)23-13-9-15-27-25(19-31(29(27)17-23)33(35)37-5)11-7-8-12-26-20-32(34(36)38-6)30-18-24(22(3)4)14-10-16-28(26)30/h9-10,13-22H,1-6H3. The minimum atomic E-state index is -0.401. The van der Waals surface area contributed by atoms with Crippen molar-refractivity contribution in [1.29, 1.82) is 0 Å². The Morgan fingerprint density at radius 1 is 0.605 bits per heavy atom. The van der Waals surface area contributed by atoms with Gasteiger partial charge in [-0.1, -0.05) is 75.9 Å². The lowest BCUT2D eigenvalue weighted by atomic mass is 10.0. The summed E-state index contributed by atoms with van der Waals surface area (Å²) < 4.78 is 10.0. The molecule has 0 atom stereocenters. The van der Waals surface area contributed by atoms with E-state index < -0.39 is 11.9 Å². The van der Waals surface area contributed by atoms with Gasteiger partial charge in [0.2, 0.25) is 0 Å². The largest absolute Gasteiger partial charge is 0.465 e. The van der Waals surface area contributed by atoms with Crippen LogP contribution in [0.4, 0.5) is 0 Å². The van der Waals surface area contributed by atoms with Crippen LogP contribution in [0.15, 0.2) is 60.7 Å². The first-order valence-corrected chi connectivity index (χ1v) is 12.6. The third-order valence-corrected chi connectivity index (χ3v) is 6.64. The number of carbonyl (C=O) groups is 2. The SMILES string of the molecule is COC(=O)c1cc(C#CC#Cc2cc(C(=O)OC)c3cc(C(C)C)cccc2-3)c2cccc(C(C)C)cc1-2. The molecule has 0 radical (unpaired) electrons. The molecule has 4 aliphatic rings. The Hall–Kier alpha value is -4.54. The van der Waals surface area contributed by atoms with E-state index >= 15 is 0 Å². The van der Waals surface area contributed by atoms with E-state index in [1.165, 1.54) is 14.2 Å². The summed E-state index contributed by atoms with van der Waals surface area (Å²) in [4.78, 5) is 25.0. The maximum absolute atomic E-state index is 12.5. The maximum atomic E-state index is 12.5. The van der Waals surface area contributed by atoms with Crippen LogP contribution in [0, 0.1) is 23.7 Å². The van der Waals surface area contributed by atoms with Crippen LogP contribution in [-0.4, -0.2) is 26.2 Å². The highest BCUT2D eigenvalue weighted by molar-refractivity contribution is 6.02. The molecule has 0 heterocycles. The van der Waals surface area contributed by atoms with Gasteiger partial charge >= 0.3 is 11.9 Å². The molecule has 4 aliphatic carbocycles. The van der Waals surface area contributed by atoms with E-state index in [4.69, 9.17) is 9.47 Å². The van der Waals surface area contributed by atoms with Gasteiger partial charge in [-0.05, 0) is 81.3 Å². The van der Waals surface area contributed by atoms with Gasteiger partial charge in [-0.15, -0.1) is 0 Å². The van der Waals surface area contributed by atoms with Gasteiger partial charge in [0, 0.05) is 11.1 Å². The normalized spacial score (nSPS) is 10.6. The average Bonchev–Trinajstić information content (AvgIpc) is 3.19. The van der Waals surface area contributed by atoms with Crippen molar-refractivity contribution in [3.05, 3.63) is 94.0 Å². The number of esters is 2. The summed E-state index contributed by atoms with van der Waals surface area (Å²) in [6, 6.07) is 19.6. The highest BCUT2D eigenvalue weighted by atomic mass is 16.5. The van der Waals surface area contributed by atoms with Crippen LogP contribution in [0.1, 0.15) is 82.5 Å². The highest BCUT2D eigenvalue weighted by Crippen LogP contribution is 2.35. The molecule has 0 saturated heterocycles. The van der Waals surface area contributed by atoms with E-state index in [2.05, 4.69) is 51.4 Å². The second-order valence-electron chi connectivity index (χ2n) is 9.73. The molecule has 4 heteroatoms. The highest BCUT2D eigenvalue weighted by Gasteiger charge is 2.22. The second kappa shape index (κ2) is 11.2. The molecule has 0 spiro atoms. The number of fused-ring (bicyclic) bond motifs is 2. The Bertz CT molecular complexity index is 1460. The molecule has 4 rings (SSSR count). The number of hydrogen-bond acceptors (Lipinski definition) is 4. The fraction of sp³-hybridized carbons (Fsp3) is 0.235. The lowest BCUT2D eigenvalue weighted by Crippen LogP contribution is -2.00. The van der Waals surface area contributed by atoms with Gasteiger partial charge in [-0.25, -0.2) is 9.59 Å². The van der Waals surface area contributed by atoms with Gasteiger partial charge in [0.15, 0.2) is 0 Å². The molecule has 4 nitrogen and oxygen atoms in total. The summed E-state index contributed by atoms with van der Waals surface area (Å²) in [7, 11) is 2.75. The quantitative estimate of drug-likeness (QED) is 0.220. The molecule has 0 fully saturated rings. The average molecular weight is 503 g/mol. The summed E-state index contributed by atoms with van der Waals surface area (Å²) in [5.74, 6) is 11.9. The van der Waals surface area contributed by atoms with Gasteiger partial charge < -0.3 is 9.47 Å². The first kappa shape index (κ1) is 26.5. The predicted octanol–water partition coefficient (Wildman–Crippen LogP) is 7.12. The molecule has 0 N–H and O–H groups in total. The Morgan fingerprint density at radius 3 is 1.34 bits per heavy atom. The Balaban J connectivity index is 1.77. The van der Waals surface area contributed by atoms with Crippen molar-refractivity contribution >= 4 is 11.9 Å². The summed E-state index contributed by atoms with van der Waals surface area (Å²) in [5.41, 5.74) is 7.96. The molecule has 0 bridgehead atoms. The molecule has 0 aliphatic heterocycles. The van der Waals surface area contributed by atoms with Gasteiger partial charge in [0.1, 0.15) is 0 Å². The molecule has 190 valence electrons. The van der Waals surface area contributed by atoms with Crippen LogP contribution >= 0.6 is 0 Å². The van der Waals surface area contributed by atoms with E-state index in [1.807, 2.05) is 48.5 Å². The monoisotopic (exact) mass is 502 g/mol. The van der Waals surface area contributed by atoms with Crippen LogP contribution < -0.4 is 0 Å². The van der Waals surface area contributed by atoms with Gasteiger partial charge in [0.05, 0.1) is 25.3 Å². The molecule has 0 unspecified atom stereocenters. The van der Waals surface area contributed by atoms with Gasteiger partial charge in [-0.2, -0.15) is 0 Å². The molecule has 38 heavy (non-hydrogen) atoms. The summed E-state index contributed by atoms with van der Waals surface area (Å²) >= 11 is 0. The topological polar surface area (TPSA) is 52.6 Å². The second-order valence-corrected chi connectivity index (χ2v) is 9.73. The molecular formula is C34H30O4. The van der Waals surface area contributed by atoms with Gasteiger partial charge in [0.25, 0.3) is 0 Å². The Kier molecular flexibility index (Phi) is 7.85. The molecule has 0 aromatic rings. The third-order valence-electron chi connectivity index (χ3n) is 6.64. The zero-order valence-corrected chi connectivity index (χ0v) is 22.6. The zero-order chi connectivity index (χ0) is 27.4. The summed E-state index contributed by atoms with van der Waals surface area (Å²) in [6.07, 6.45) is 0. The summed E-state index contributed by atoms with van der Waals surface area (Å²) in [5, 5.41) is 0. The van der Waals surface area contributed by atoms with Crippen molar-refractivity contribution in [2.45, 2.75) is 39.5 Å². The van der Waals surface area contributed by atoms with E-state index in [0.717, 1.165) is 33.4 Å². The number of hydrogen-bond donors (Lipinski definition) is 0. The van der Waals surface area contributed by atoms with Crippen LogP contribution in [0.25, 0.3) is 22.3 Å². The van der Waals surface area contributed by atoms with Crippen molar-refractivity contribution in [2.24, 2.45) is 0 Å². The van der Waals surface area contributed by atoms with Gasteiger partial charge in [-0.3, -0.25) is 0 Å². The number of rotatable bonds is 4. The van der Waals surface area contributed by atoms with Crippen molar-refractivity contribution in [2.75, 3.05) is 14.2 Å². The fourth-order valence-corrected chi connectivity index (χ4v) is 4.47. The third kappa shape index (κ3) is 5.26. The number of methoxy groups -OCH3 is 2. The fourth-order valence-electron chi connectivity index (χ4n) is 4.47. The van der Waals surface area contributed by atoms with Crippen LogP contribution in [0.3, 0.4) is 0 Å². The Morgan fingerprint density at radius 2 is 1.00 bits per heavy atom. The molecule has 0 aromatic carbocycles. The molecule has 0 aromatic heterocycles.